The lowest BCUT2D eigenvalue weighted by Crippen LogP contribution is -2.57. The van der Waals surface area contributed by atoms with Crippen LogP contribution in [0.5, 0.6) is 0 Å². The van der Waals surface area contributed by atoms with Crippen LogP contribution in [0.2, 0.25) is 0 Å². The Morgan fingerprint density at radius 2 is 1.92 bits per heavy atom. The Balaban J connectivity index is 1.56. The maximum absolute atomic E-state index is 12.5. The summed E-state index contributed by atoms with van der Waals surface area (Å²) in [6.07, 6.45) is 1.64. The van der Waals surface area contributed by atoms with Crippen molar-refractivity contribution in [3.8, 4) is 0 Å². The van der Waals surface area contributed by atoms with Crippen LogP contribution in [0.15, 0.2) is 40.6 Å². The number of nitrogens with zero attached hydrogens (tertiary/aromatic N) is 4. The quantitative estimate of drug-likeness (QED) is 0.691. The first-order valence-electron chi connectivity index (χ1n) is 8.38. The Kier molecular flexibility index (Phi) is 5.38. The van der Waals surface area contributed by atoms with Gasteiger partial charge in [-0.2, -0.15) is 0 Å². The predicted octanol–water partition coefficient (Wildman–Crippen LogP) is 1.54. The molecule has 1 aliphatic rings. The highest BCUT2D eigenvalue weighted by atomic mass is 32.2. The number of hydrogen-bond donors (Lipinski definition) is 0. The molecule has 1 aromatic heterocycles. The summed E-state index contributed by atoms with van der Waals surface area (Å²) in [5.41, 5.74) is 0.933. The fourth-order valence-electron chi connectivity index (χ4n) is 2.76. The summed E-state index contributed by atoms with van der Waals surface area (Å²) in [5, 5.41) is 7.14. The van der Waals surface area contributed by atoms with Crippen molar-refractivity contribution in [1.29, 1.82) is 0 Å². The van der Waals surface area contributed by atoms with Crippen LogP contribution in [-0.2, 0) is 28.1 Å². The van der Waals surface area contributed by atoms with Crippen LogP contribution in [0.25, 0.3) is 0 Å². The molecule has 0 spiro atoms. The van der Waals surface area contributed by atoms with E-state index in [0.29, 0.717) is 5.25 Å². The molecule has 2 aromatic rings. The minimum Gasteiger partial charge on any atom is -0.340 e. The molecule has 9 heteroatoms. The van der Waals surface area contributed by atoms with Crippen LogP contribution in [0, 0.1) is 0 Å². The Hall–Kier alpha value is -1.87. The molecule has 7 nitrogen and oxygen atoms in total. The molecule has 0 radical (unpaired) electrons. The fraction of sp³-hybridized carbons (Fsp3) is 0.471. The van der Waals surface area contributed by atoms with Gasteiger partial charge < -0.3 is 9.47 Å². The molecule has 0 atom stereocenters. The normalized spacial score (nSPS) is 15.3. The number of aromatic nitrogens is 3. The number of sulfone groups is 1. The molecular formula is C17H22N4O3S2. The van der Waals surface area contributed by atoms with E-state index in [1.807, 2.05) is 24.3 Å². The van der Waals surface area contributed by atoms with Gasteiger partial charge >= 0.3 is 0 Å². The van der Waals surface area contributed by atoms with Crippen LogP contribution in [0.3, 0.4) is 0 Å². The first kappa shape index (κ1) is 18.9. The number of thioether (sulfide) groups is 1. The third kappa shape index (κ3) is 3.93. The standard InChI is InChI=1S/C17H22N4O3S2/c1-12(2)25-14-6-4-13(5-7-14)8-16(22)21-9-15(10-21)26(23,24)17-19-18-11-20(17)3/h4-7,11-12,15H,8-10H2,1-3H3. The number of likely N-dealkylation sites (tertiary alicyclic amines) is 1. The summed E-state index contributed by atoms with van der Waals surface area (Å²) in [5.74, 6) is -0.0568. The van der Waals surface area contributed by atoms with Gasteiger partial charge in [0.1, 0.15) is 11.6 Å². The Labute approximate surface area is 157 Å². The first-order valence-corrected chi connectivity index (χ1v) is 10.8. The van der Waals surface area contributed by atoms with Crippen LogP contribution in [-0.4, -0.2) is 57.6 Å². The smallest absolute Gasteiger partial charge is 0.249 e. The monoisotopic (exact) mass is 394 g/mol. The molecule has 0 aliphatic carbocycles. The van der Waals surface area contributed by atoms with Gasteiger partial charge in [-0.15, -0.1) is 22.0 Å². The summed E-state index contributed by atoms with van der Waals surface area (Å²) in [6, 6.07) is 7.95. The van der Waals surface area contributed by atoms with Gasteiger partial charge in [0.25, 0.3) is 0 Å². The lowest BCUT2D eigenvalue weighted by atomic mass is 10.1. The first-order chi connectivity index (χ1) is 12.3. The molecule has 2 heterocycles. The summed E-state index contributed by atoms with van der Waals surface area (Å²) >= 11 is 1.78. The van der Waals surface area contributed by atoms with Crippen LogP contribution >= 0.6 is 11.8 Å². The van der Waals surface area contributed by atoms with Crippen molar-refractivity contribution in [2.24, 2.45) is 7.05 Å². The van der Waals surface area contributed by atoms with E-state index >= 15 is 0 Å². The average molecular weight is 395 g/mol. The third-order valence-electron chi connectivity index (χ3n) is 4.21. The minimum atomic E-state index is -3.55. The minimum absolute atomic E-state index is 0.0483. The zero-order valence-electron chi connectivity index (χ0n) is 15.0. The Morgan fingerprint density at radius 3 is 2.46 bits per heavy atom. The third-order valence-corrected chi connectivity index (χ3v) is 7.28. The Morgan fingerprint density at radius 1 is 1.27 bits per heavy atom. The number of rotatable bonds is 6. The van der Waals surface area contributed by atoms with Gasteiger partial charge in [-0.1, -0.05) is 26.0 Å². The highest BCUT2D eigenvalue weighted by Gasteiger charge is 2.42. The zero-order chi connectivity index (χ0) is 18.9. The van der Waals surface area contributed by atoms with Crippen molar-refractivity contribution < 1.29 is 13.2 Å². The fourth-order valence-corrected chi connectivity index (χ4v) is 5.26. The van der Waals surface area contributed by atoms with Gasteiger partial charge in [0.2, 0.25) is 20.9 Å². The van der Waals surface area contributed by atoms with Gasteiger partial charge in [-0.3, -0.25) is 4.79 Å². The van der Waals surface area contributed by atoms with Gasteiger partial charge in [0.15, 0.2) is 0 Å². The molecule has 0 saturated carbocycles. The molecule has 3 rings (SSSR count). The maximum Gasteiger partial charge on any atom is 0.249 e. The molecule has 1 saturated heterocycles. The number of hydrogen-bond acceptors (Lipinski definition) is 6. The predicted molar refractivity (Wildman–Crippen MR) is 99.7 cm³/mol. The highest BCUT2D eigenvalue weighted by molar-refractivity contribution is 7.99. The molecule has 1 amide bonds. The molecule has 1 aliphatic heterocycles. The average Bonchev–Trinajstić information content (AvgIpc) is 2.94. The summed E-state index contributed by atoms with van der Waals surface area (Å²) in [6.45, 7) is 4.68. The summed E-state index contributed by atoms with van der Waals surface area (Å²) < 4.78 is 26.4. The van der Waals surface area contributed by atoms with E-state index in [4.69, 9.17) is 0 Å². The molecule has 1 fully saturated rings. The van der Waals surface area contributed by atoms with E-state index in [0.717, 1.165) is 5.56 Å². The van der Waals surface area contributed by atoms with E-state index in [2.05, 4.69) is 24.0 Å². The molecule has 1 aromatic carbocycles. The van der Waals surface area contributed by atoms with E-state index in [-0.39, 0.29) is 30.6 Å². The number of aryl methyl sites for hydroxylation is 1. The number of amides is 1. The number of carbonyl (C=O) groups is 1. The van der Waals surface area contributed by atoms with Gasteiger partial charge in [0, 0.05) is 30.3 Å². The van der Waals surface area contributed by atoms with Crippen molar-refractivity contribution in [1.82, 2.24) is 19.7 Å². The molecule has 0 N–H and O–H groups in total. The lowest BCUT2D eigenvalue weighted by molar-refractivity contribution is -0.133. The molecule has 140 valence electrons. The number of carbonyl (C=O) groups excluding carboxylic acids is 1. The van der Waals surface area contributed by atoms with Crippen molar-refractivity contribution >= 4 is 27.5 Å². The molecule has 0 bridgehead atoms. The summed E-state index contributed by atoms with van der Waals surface area (Å²) in [4.78, 5) is 15.1. The highest BCUT2D eigenvalue weighted by Crippen LogP contribution is 2.25. The van der Waals surface area contributed by atoms with Crippen LogP contribution in [0.4, 0.5) is 0 Å². The Bertz CT molecular complexity index is 885. The molecule has 26 heavy (non-hydrogen) atoms. The van der Waals surface area contributed by atoms with Gasteiger partial charge in [0.05, 0.1) is 6.42 Å². The van der Waals surface area contributed by atoms with Crippen LogP contribution < -0.4 is 0 Å². The number of benzene rings is 1. The van der Waals surface area contributed by atoms with Crippen LogP contribution in [0.1, 0.15) is 19.4 Å². The SMILES string of the molecule is CC(C)Sc1ccc(CC(=O)N2CC(S(=O)(=O)c3nncn3C)C2)cc1. The van der Waals surface area contributed by atoms with Crippen molar-refractivity contribution in [2.75, 3.05) is 13.1 Å². The second-order valence-corrected chi connectivity index (χ2v) is 10.4. The second-order valence-electron chi connectivity index (χ2n) is 6.68. The lowest BCUT2D eigenvalue weighted by Gasteiger charge is -2.38. The largest absolute Gasteiger partial charge is 0.340 e. The van der Waals surface area contributed by atoms with E-state index in [1.165, 1.54) is 15.8 Å². The van der Waals surface area contributed by atoms with E-state index in [9.17, 15) is 13.2 Å². The van der Waals surface area contributed by atoms with Gasteiger partial charge in [-0.25, -0.2) is 8.42 Å². The van der Waals surface area contributed by atoms with Crippen molar-refractivity contribution in [3.63, 3.8) is 0 Å². The van der Waals surface area contributed by atoms with Crippen molar-refractivity contribution in [2.45, 2.75) is 40.8 Å². The summed E-state index contributed by atoms with van der Waals surface area (Å²) in [7, 11) is -1.96. The maximum atomic E-state index is 12.5. The van der Waals surface area contributed by atoms with Gasteiger partial charge in [-0.05, 0) is 17.7 Å². The van der Waals surface area contributed by atoms with Crippen molar-refractivity contribution in [3.05, 3.63) is 36.2 Å². The second kappa shape index (κ2) is 7.40. The molecular weight excluding hydrogens is 372 g/mol. The van der Waals surface area contributed by atoms with E-state index < -0.39 is 15.1 Å². The molecule has 0 unspecified atom stereocenters. The zero-order valence-corrected chi connectivity index (χ0v) is 16.6. The topological polar surface area (TPSA) is 85.2 Å². The van der Waals surface area contributed by atoms with E-state index in [1.54, 1.807) is 23.7 Å².